The summed E-state index contributed by atoms with van der Waals surface area (Å²) in [5.41, 5.74) is 7.56. The summed E-state index contributed by atoms with van der Waals surface area (Å²) in [7, 11) is -3.53. The van der Waals surface area contributed by atoms with Crippen LogP contribution >= 0.6 is 15.9 Å². The maximum Gasteiger partial charge on any atom is 0.241 e. The van der Waals surface area contributed by atoms with Crippen molar-refractivity contribution in [3.8, 4) is 0 Å². The minimum absolute atomic E-state index is 0.0127. The van der Waals surface area contributed by atoms with Crippen LogP contribution in [-0.4, -0.2) is 14.5 Å². The topological polar surface area (TPSA) is 72.2 Å². The molecule has 1 aliphatic rings. The smallest absolute Gasteiger partial charge is 0.241 e. The van der Waals surface area contributed by atoms with E-state index in [4.69, 9.17) is 5.73 Å². The van der Waals surface area contributed by atoms with Gasteiger partial charge in [-0.05, 0) is 64.7 Å². The van der Waals surface area contributed by atoms with Crippen LogP contribution in [0.15, 0.2) is 21.5 Å². The predicted octanol–water partition coefficient (Wildman–Crippen LogP) is 3.07. The molecule has 0 radical (unpaired) electrons. The summed E-state index contributed by atoms with van der Waals surface area (Å²) in [5.74, 6) is 0. The van der Waals surface area contributed by atoms with Crippen molar-refractivity contribution in [3.63, 3.8) is 0 Å². The second-order valence-electron chi connectivity index (χ2n) is 6.65. The van der Waals surface area contributed by atoms with Gasteiger partial charge in [-0.1, -0.05) is 19.9 Å². The Morgan fingerprint density at radius 1 is 1.43 bits per heavy atom. The second kappa shape index (κ2) is 5.99. The molecular weight excluding hydrogens is 352 g/mol. The Bertz CT molecular complexity index is 641. The van der Waals surface area contributed by atoms with Gasteiger partial charge in [0, 0.05) is 17.1 Å². The van der Waals surface area contributed by atoms with E-state index in [1.165, 1.54) is 0 Å². The van der Waals surface area contributed by atoms with Crippen LogP contribution < -0.4 is 10.5 Å². The van der Waals surface area contributed by atoms with E-state index in [2.05, 4.69) is 34.5 Å². The number of halogens is 1. The van der Waals surface area contributed by atoms with E-state index >= 15 is 0 Å². The molecule has 1 fully saturated rings. The van der Waals surface area contributed by atoms with Crippen LogP contribution in [0.1, 0.15) is 44.2 Å². The van der Waals surface area contributed by atoms with Gasteiger partial charge in [-0.3, -0.25) is 0 Å². The average Bonchev–Trinajstić information content (AvgIpc) is 2.70. The van der Waals surface area contributed by atoms with Crippen LogP contribution in [0.4, 0.5) is 0 Å². The Balaban J connectivity index is 2.30. The van der Waals surface area contributed by atoms with Crippen LogP contribution in [0.25, 0.3) is 0 Å². The van der Waals surface area contributed by atoms with Gasteiger partial charge in [-0.25, -0.2) is 13.1 Å². The van der Waals surface area contributed by atoms with Crippen molar-refractivity contribution in [2.24, 2.45) is 11.1 Å². The lowest BCUT2D eigenvalue weighted by atomic mass is 9.92. The Hall–Kier alpha value is -0.430. The first-order valence-electron chi connectivity index (χ1n) is 7.16. The highest BCUT2D eigenvalue weighted by Gasteiger charge is 2.34. The monoisotopic (exact) mass is 374 g/mol. The highest BCUT2D eigenvalue weighted by atomic mass is 79.9. The fraction of sp³-hybridized carbons (Fsp3) is 0.600. The van der Waals surface area contributed by atoms with Crippen LogP contribution in [0.3, 0.4) is 0 Å². The summed E-state index contributed by atoms with van der Waals surface area (Å²) < 4.78 is 28.8. The molecule has 1 aromatic carbocycles. The van der Waals surface area contributed by atoms with Crippen molar-refractivity contribution < 1.29 is 8.42 Å². The number of hydrogen-bond acceptors (Lipinski definition) is 3. The first kappa shape index (κ1) is 16.9. The molecule has 3 N–H and O–H groups in total. The molecule has 0 spiro atoms. The van der Waals surface area contributed by atoms with E-state index in [9.17, 15) is 8.42 Å². The van der Waals surface area contributed by atoms with Crippen LogP contribution in [0.5, 0.6) is 0 Å². The van der Waals surface area contributed by atoms with Crippen molar-refractivity contribution in [1.82, 2.24) is 4.72 Å². The zero-order valence-corrected chi connectivity index (χ0v) is 15.1. The summed E-state index contributed by atoms with van der Waals surface area (Å²) in [4.78, 5) is 0.285. The van der Waals surface area contributed by atoms with E-state index in [0.717, 1.165) is 30.4 Å². The number of hydrogen-bond donors (Lipinski definition) is 2. The lowest BCUT2D eigenvalue weighted by Crippen LogP contribution is -2.34. The number of nitrogens with two attached hydrogens (primary N) is 1. The molecule has 118 valence electrons. The third-order valence-corrected chi connectivity index (χ3v) is 6.96. The summed E-state index contributed by atoms with van der Waals surface area (Å²) in [6.45, 7) is 6.56. The summed E-state index contributed by atoms with van der Waals surface area (Å²) in [5, 5.41) is 0. The van der Waals surface area contributed by atoms with Crippen molar-refractivity contribution in [3.05, 3.63) is 27.7 Å². The zero-order chi connectivity index (χ0) is 15.8. The van der Waals surface area contributed by atoms with E-state index in [1.54, 1.807) is 6.07 Å². The molecule has 4 nitrogen and oxygen atoms in total. The Labute approximate surface area is 135 Å². The van der Waals surface area contributed by atoms with Gasteiger partial charge in [-0.2, -0.15) is 0 Å². The van der Waals surface area contributed by atoms with E-state index in [-0.39, 0.29) is 16.4 Å². The largest absolute Gasteiger partial charge is 0.326 e. The van der Waals surface area contributed by atoms with Crippen molar-refractivity contribution in [1.29, 1.82) is 0 Å². The number of aryl methyl sites for hydroxylation is 1. The number of nitrogens with one attached hydrogen (secondary N) is 1. The van der Waals surface area contributed by atoms with Crippen LogP contribution in [0.2, 0.25) is 0 Å². The molecule has 2 rings (SSSR count). The first-order valence-corrected chi connectivity index (χ1v) is 9.44. The van der Waals surface area contributed by atoms with Gasteiger partial charge in [0.1, 0.15) is 0 Å². The molecule has 1 saturated carbocycles. The number of benzene rings is 1. The van der Waals surface area contributed by atoms with E-state index in [1.807, 2.05) is 13.0 Å². The molecule has 0 heterocycles. The maximum atomic E-state index is 12.7. The number of rotatable bonds is 4. The second-order valence-corrected chi connectivity index (χ2v) is 9.13. The van der Waals surface area contributed by atoms with Gasteiger partial charge >= 0.3 is 0 Å². The molecular formula is C15H23BrN2O2S. The first-order chi connectivity index (χ1) is 9.64. The molecule has 6 heteroatoms. The average molecular weight is 375 g/mol. The van der Waals surface area contributed by atoms with E-state index in [0.29, 0.717) is 11.0 Å². The molecule has 1 atom stereocenters. The van der Waals surface area contributed by atoms with Crippen molar-refractivity contribution in [2.45, 2.75) is 57.5 Å². The van der Waals surface area contributed by atoms with Gasteiger partial charge in [-0.15, -0.1) is 0 Å². The lowest BCUT2D eigenvalue weighted by molar-refractivity contribution is 0.372. The highest BCUT2D eigenvalue weighted by Crippen LogP contribution is 2.38. The van der Waals surface area contributed by atoms with Gasteiger partial charge in [0.25, 0.3) is 0 Å². The normalized spacial score (nSPS) is 21.7. The molecule has 0 aliphatic heterocycles. The maximum absolute atomic E-state index is 12.7. The molecule has 0 aromatic heterocycles. The molecule has 21 heavy (non-hydrogen) atoms. The fourth-order valence-electron chi connectivity index (χ4n) is 2.94. The van der Waals surface area contributed by atoms with Crippen LogP contribution in [-0.2, 0) is 16.6 Å². The van der Waals surface area contributed by atoms with Gasteiger partial charge in [0.15, 0.2) is 0 Å². The third kappa shape index (κ3) is 3.86. The standard InChI is InChI=1S/C15H23BrN2O2S/c1-10-6-11(9-17)7-13(14(10)16)21(19,20)18-12-4-5-15(2,3)8-12/h6-7,12,18H,4-5,8-9,17H2,1-3H3. The Morgan fingerprint density at radius 2 is 2.10 bits per heavy atom. The molecule has 1 unspecified atom stereocenters. The molecule has 0 saturated heterocycles. The van der Waals surface area contributed by atoms with Crippen molar-refractivity contribution in [2.75, 3.05) is 0 Å². The van der Waals surface area contributed by atoms with E-state index < -0.39 is 10.0 Å². The van der Waals surface area contributed by atoms with Gasteiger partial charge in [0.05, 0.1) is 4.90 Å². The quantitative estimate of drug-likeness (QED) is 0.850. The molecule has 0 amide bonds. The Morgan fingerprint density at radius 3 is 2.62 bits per heavy atom. The number of sulfonamides is 1. The third-order valence-electron chi connectivity index (χ3n) is 4.10. The summed E-state index contributed by atoms with van der Waals surface area (Å²) in [6.07, 6.45) is 2.81. The van der Waals surface area contributed by atoms with Crippen LogP contribution in [0, 0.1) is 12.3 Å². The van der Waals surface area contributed by atoms with Crippen molar-refractivity contribution >= 4 is 26.0 Å². The summed E-state index contributed by atoms with van der Waals surface area (Å²) >= 11 is 3.39. The Kier molecular flexibility index (Phi) is 4.83. The minimum atomic E-state index is -3.53. The molecule has 1 aromatic rings. The minimum Gasteiger partial charge on any atom is -0.326 e. The summed E-state index contributed by atoms with van der Waals surface area (Å²) in [6, 6.07) is 3.57. The lowest BCUT2D eigenvalue weighted by Gasteiger charge is -2.19. The molecule has 1 aliphatic carbocycles. The molecule has 0 bridgehead atoms. The van der Waals surface area contributed by atoms with Gasteiger partial charge < -0.3 is 5.73 Å². The van der Waals surface area contributed by atoms with Gasteiger partial charge in [0.2, 0.25) is 10.0 Å². The predicted molar refractivity (Wildman–Crippen MR) is 88.5 cm³/mol. The zero-order valence-electron chi connectivity index (χ0n) is 12.7. The SMILES string of the molecule is Cc1cc(CN)cc(S(=O)(=O)NC2CCC(C)(C)C2)c1Br. The fourth-order valence-corrected chi connectivity index (χ4v) is 5.28. The highest BCUT2D eigenvalue weighted by molar-refractivity contribution is 9.10.